The van der Waals surface area contributed by atoms with Crippen LogP contribution in [0.2, 0.25) is 5.15 Å². The first-order valence-electron chi connectivity index (χ1n) is 10.8. The SMILES string of the molecule is COc1cc(N2C3=C(COCC3c3ccccc3)C(N)N(C)C2N)ccc1-n1cnc(Cl)c1. The molecule has 0 radical (unpaired) electrons. The van der Waals surface area contributed by atoms with E-state index in [1.807, 2.05) is 52.9 Å². The summed E-state index contributed by atoms with van der Waals surface area (Å²) in [5, 5.41) is 0.414. The number of nitrogens with zero attached hydrogens (tertiary/aromatic N) is 4. The fourth-order valence-corrected chi connectivity index (χ4v) is 4.80. The van der Waals surface area contributed by atoms with Crippen molar-refractivity contribution in [2.45, 2.75) is 18.4 Å². The minimum absolute atomic E-state index is 0.0128. The van der Waals surface area contributed by atoms with Crippen LogP contribution in [0, 0.1) is 0 Å². The van der Waals surface area contributed by atoms with Crippen LogP contribution >= 0.6 is 11.6 Å². The molecule has 0 spiro atoms. The highest BCUT2D eigenvalue weighted by Crippen LogP contribution is 2.42. The summed E-state index contributed by atoms with van der Waals surface area (Å²) in [7, 11) is 3.57. The summed E-state index contributed by atoms with van der Waals surface area (Å²) in [5.74, 6) is 0.690. The molecular formula is C24H27ClN6O2. The van der Waals surface area contributed by atoms with Crippen LogP contribution in [-0.2, 0) is 4.74 Å². The van der Waals surface area contributed by atoms with Crippen molar-refractivity contribution in [2.24, 2.45) is 11.5 Å². The summed E-state index contributed by atoms with van der Waals surface area (Å²) in [6.45, 7) is 1.03. The van der Waals surface area contributed by atoms with Gasteiger partial charge in [0.05, 0.1) is 32.2 Å². The maximum atomic E-state index is 6.76. The highest BCUT2D eigenvalue weighted by Gasteiger charge is 2.41. The first-order chi connectivity index (χ1) is 16.0. The molecule has 0 aliphatic carbocycles. The zero-order valence-electron chi connectivity index (χ0n) is 18.6. The molecule has 172 valence electrons. The minimum atomic E-state index is -0.457. The first-order valence-corrected chi connectivity index (χ1v) is 11.1. The van der Waals surface area contributed by atoms with E-state index in [0.717, 1.165) is 28.2 Å². The lowest BCUT2D eigenvalue weighted by molar-refractivity contribution is 0.0906. The molecule has 0 fully saturated rings. The second-order valence-electron chi connectivity index (χ2n) is 8.24. The second kappa shape index (κ2) is 8.81. The van der Waals surface area contributed by atoms with Gasteiger partial charge < -0.3 is 24.7 Å². The van der Waals surface area contributed by atoms with Gasteiger partial charge >= 0.3 is 0 Å². The van der Waals surface area contributed by atoms with Crippen molar-refractivity contribution < 1.29 is 9.47 Å². The Bertz CT molecular complexity index is 1180. The molecule has 2 aliphatic heterocycles. The summed E-state index contributed by atoms with van der Waals surface area (Å²) in [5.41, 5.74) is 18.4. The normalized spacial score (nSPS) is 23.5. The molecule has 0 saturated carbocycles. The predicted molar refractivity (Wildman–Crippen MR) is 128 cm³/mol. The van der Waals surface area contributed by atoms with Crippen LogP contribution in [0.1, 0.15) is 11.5 Å². The minimum Gasteiger partial charge on any atom is -0.494 e. The highest BCUT2D eigenvalue weighted by atomic mass is 35.5. The maximum absolute atomic E-state index is 6.76. The van der Waals surface area contributed by atoms with Crippen molar-refractivity contribution in [3.63, 3.8) is 0 Å². The van der Waals surface area contributed by atoms with Crippen LogP contribution in [0.4, 0.5) is 5.69 Å². The van der Waals surface area contributed by atoms with Gasteiger partial charge in [0, 0.05) is 35.1 Å². The van der Waals surface area contributed by atoms with Crippen molar-refractivity contribution in [3.8, 4) is 11.4 Å². The summed E-state index contributed by atoms with van der Waals surface area (Å²) >= 11 is 6.03. The van der Waals surface area contributed by atoms with Crippen LogP contribution < -0.4 is 21.1 Å². The number of anilines is 1. The maximum Gasteiger partial charge on any atom is 0.147 e. The average molecular weight is 467 g/mol. The van der Waals surface area contributed by atoms with Gasteiger partial charge in [0.1, 0.15) is 23.5 Å². The largest absolute Gasteiger partial charge is 0.494 e. The van der Waals surface area contributed by atoms with Gasteiger partial charge in [-0.05, 0) is 24.7 Å². The molecule has 33 heavy (non-hydrogen) atoms. The standard InChI is InChI=1S/C24H27ClN6O2/c1-29-23(26)18-13-33-12-17(15-6-4-3-5-7-15)22(18)31(24(29)27)16-8-9-19(20(10-16)32-2)30-11-21(25)28-14-30/h3-11,14,17,23-24H,12-13,26-27H2,1-2H3. The number of imidazole rings is 1. The monoisotopic (exact) mass is 466 g/mol. The molecule has 0 bridgehead atoms. The molecule has 1 aromatic heterocycles. The van der Waals surface area contributed by atoms with Crippen LogP contribution in [0.3, 0.4) is 0 Å². The third-order valence-electron chi connectivity index (χ3n) is 6.41. The van der Waals surface area contributed by atoms with E-state index in [4.69, 9.17) is 32.5 Å². The smallest absolute Gasteiger partial charge is 0.147 e. The van der Waals surface area contributed by atoms with Crippen LogP contribution in [0.25, 0.3) is 5.69 Å². The predicted octanol–water partition coefficient (Wildman–Crippen LogP) is 2.88. The van der Waals surface area contributed by atoms with Gasteiger partial charge in [-0.15, -0.1) is 0 Å². The van der Waals surface area contributed by atoms with E-state index in [9.17, 15) is 0 Å². The average Bonchev–Trinajstić information content (AvgIpc) is 3.29. The Kier molecular flexibility index (Phi) is 5.86. The Hall–Kier alpha value is -2.88. The number of rotatable bonds is 4. The number of ether oxygens (including phenoxy) is 2. The van der Waals surface area contributed by atoms with Crippen molar-refractivity contribution in [1.82, 2.24) is 14.5 Å². The molecule has 3 unspecified atom stereocenters. The Morgan fingerprint density at radius 2 is 1.94 bits per heavy atom. The fourth-order valence-electron chi connectivity index (χ4n) is 4.65. The summed E-state index contributed by atoms with van der Waals surface area (Å²) < 4.78 is 13.6. The third-order valence-corrected chi connectivity index (χ3v) is 6.61. The number of likely N-dealkylation sites (N-methyl/N-ethyl adjacent to an activating group) is 1. The molecule has 0 amide bonds. The Morgan fingerprint density at radius 3 is 2.64 bits per heavy atom. The zero-order valence-corrected chi connectivity index (χ0v) is 19.3. The topological polar surface area (TPSA) is 94.8 Å². The van der Waals surface area contributed by atoms with Gasteiger partial charge in [-0.1, -0.05) is 41.9 Å². The summed E-state index contributed by atoms with van der Waals surface area (Å²) in [6.07, 6.45) is 2.61. The molecule has 4 N–H and O–H groups in total. The molecule has 2 aromatic carbocycles. The van der Waals surface area contributed by atoms with E-state index in [-0.39, 0.29) is 12.1 Å². The molecule has 3 heterocycles. The van der Waals surface area contributed by atoms with Crippen LogP contribution in [0.15, 0.2) is 72.3 Å². The number of methoxy groups -OCH3 is 1. The second-order valence-corrected chi connectivity index (χ2v) is 8.63. The molecular weight excluding hydrogens is 440 g/mol. The lowest BCUT2D eigenvalue weighted by Gasteiger charge is -2.50. The third kappa shape index (κ3) is 3.80. The van der Waals surface area contributed by atoms with E-state index in [1.165, 1.54) is 0 Å². The van der Waals surface area contributed by atoms with E-state index in [2.05, 4.69) is 22.0 Å². The van der Waals surface area contributed by atoms with Gasteiger partial charge in [0.25, 0.3) is 0 Å². The number of aromatic nitrogens is 2. The van der Waals surface area contributed by atoms with Gasteiger partial charge in [-0.2, -0.15) is 0 Å². The van der Waals surface area contributed by atoms with E-state index in [1.54, 1.807) is 19.6 Å². The Balaban J connectivity index is 1.64. The number of halogens is 1. The molecule has 9 heteroatoms. The van der Waals surface area contributed by atoms with Gasteiger partial charge in [0.15, 0.2) is 0 Å². The van der Waals surface area contributed by atoms with Crippen molar-refractivity contribution in [3.05, 3.63) is 83.0 Å². The molecule has 3 aromatic rings. The van der Waals surface area contributed by atoms with E-state index >= 15 is 0 Å². The van der Waals surface area contributed by atoms with Crippen molar-refractivity contribution in [2.75, 3.05) is 32.3 Å². The molecule has 2 aliphatic rings. The zero-order chi connectivity index (χ0) is 23.1. The highest BCUT2D eigenvalue weighted by molar-refractivity contribution is 6.29. The van der Waals surface area contributed by atoms with E-state index < -0.39 is 6.29 Å². The molecule has 3 atom stereocenters. The molecule has 0 saturated heterocycles. The lowest BCUT2D eigenvalue weighted by Crippen LogP contribution is -2.64. The fraction of sp³-hybridized carbons (Fsp3) is 0.292. The lowest BCUT2D eigenvalue weighted by atomic mass is 9.88. The van der Waals surface area contributed by atoms with Crippen molar-refractivity contribution >= 4 is 17.3 Å². The number of benzene rings is 2. The number of nitrogens with two attached hydrogens (primary N) is 2. The van der Waals surface area contributed by atoms with Gasteiger partial charge in [-0.25, -0.2) is 4.98 Å². The Morgan fingerprint density at radius 1 is 1.15 bits per heavy atom. The number of hydrogen-bond donors (Lipinski definition) is 2. The Labute approximate surface area is 197 Å². The quantitative estimate of drug-likeness (QED) is 0.610. The van der Waals surface area contributed by atoms with Crippen molar-refractivity contribution in [1.29, 1.82) is 0 Å². The van der Waals surface area contributed by atoms with Crippen LogP contribution in [0.5, 0.6) is 5.75 Å². The first kappa shape index (κ1) is 21.9. The van der Waals surface area contributed by atoms with E-state index in [0.29, 0.717) is 24.1 Å². The van der Waals surface area contributed by atoms with Crippen LogP contribution in [-0.4, -0.2) is 54.3 Å². The van der Waals surface area contributed by atoms with Gasteiger partial charge in [0.2, 0.25) is 0 Å². The molecule has 5 rings (SSSR count). The summed E-state index contributed by atoms with van der Waals surface area (Å²) in [6, 6.07) is 16.3. The number of hydrogen-bond acceptors (Lipinski definition) is 7. The molecule has 8 nitrogen and oxygen atoms in total. The van der Waals surface area contributed by atoms with Gasteiger partial charge in [-0.3, -0.25) is 10.6 Å². The summed E-state index contributed by atoms with van der Waals surface area (Å²) in [4.78, 5) is 8.20.